The van der Waals surface area contributed by atoms with E-state index < -0.39 is 13.9 Å². The van der Waals surface area contributed by atoms with Crippen LogP contribution in [0.5, 0.6) is 0 Å². The van der Waals surface area contributed by atoms with Gasteiger partial charge in [0, 0.05) is 13.0 Å². The highest BCUT2D eigenvalue weighted by atomic mass is 31.2. The maximum absolute atomic E-state index is 12.8. The van der Waals surface area contributed by atoms with Crippen molar-refractivity contribution in [2.75, 3.05) is 54.1 Å². The van der Waals surface area contributed by atoms with Gasteiger partial charge in [-0.1, -0.05) is 204 Å². The van der Waals surface area contributed by atoms with Gasteiger partial charge in [-0.2, -0.15) is 0 Å². The van der Waals surface area contributed by atoms with E-state index in [1.807, 2.05) is 21.1 Å². The van der Waals surface area contributed by atoms with Crippen LogP contribution in [0, 0.1) is 0 Å². The van der Waals surface area contributed by atoms with Crippen LogP contribution in [0.1, 0.15) is 239 Å². The number of carbonyl (C=O) groups is 1. The second kappa shape index (κ2) is 47.9. The molecule has 2 atom stereocenters. The van der Waals surface area contributed by atoms with Crippen molar-refractivity contribution in [1.29, 1.82) is 0 Å². The van der Waals surface area contributed by atoms with Gasteiger partial charge in [-0.15, -0.1) is 0 Å². The first-order valence-electron chi connectivity index (χ1n) is 26.9. The first-order valence-corrected chi connectivity index (χ1v) is 28.3. The van der Waals surface area contributed by atoms with Gasteiger partial charge in [0.1, 0.15) is 19.3 Å². The quantitative estimate of drug-likeness (QED) is 0.0197. The second-order valence-corrected chi connectivity index (χ2v) is 20.6. The molecule has 0 aliphatic heterocycles. The molecule has 0 N–H and O–H groups in total. The Balaban J connectivity index is 4.11. The third kappa shape index (κ3) is 51.4. The minimum Gasteiger partial charge on any atom is -0.756 e. The summed E-state index contributed by atoms with van der Waals surface area (Å²) in [5.74, 6) is -0.340. The van der Waals surface area contributed by atoms with E-state index in [1.165, 1.54) is 167 Å². The lowest BCUT2D eigenvalue weighted by Crippen LogP contribution is -2.37. The third-order valence-electron chi connectivity index (χ3n) is 11.6. The summed E-state index contributed by atoms with van der Waals surface area (Å²) in [5, 5.41) is 0. The van der Waals surface area contributed by atoms with Crippen LogP contribution in [0.2, 0.25) is 0 Å². The molecule has 0 bridgehead atoms. The van der Waals surface area contributed by atoms with E-state index in [-0.39, 0.29) is 25.8 Å². The fourth-order valence-electron chi connectivity index (χ4n) is 7.43. The first-order chi connectivity index (χ1) is 31.1. The second-order valence-electron chi connectivity index (χ2n) is 19.2. The van der Waals surface area contributed by atoms with Crippen molar-refractivity contribution in [2.45, 2.75) is 245 Å². The number of quaternary nitrogens is 1. The summed E-state index contributed by atoms with van der Waals surface area (Å²) in [6, 6.07) is 0. The van der Waals surface area contributed by atoms with Gasteiger partial charge in [0.15, 0.2) is 0 Å². The van der Waals surface area contributed by atoms with E-state index in [2.05, 4.69) is 62.5 Å². The van der Waals surface area contributed by atoms with E-state index in [4.69, 9.17) is 18.5 Å². The lowest BCUT2D eigenvalue weighted by atomic mass is 10.0. The summed E-state index contributed by atoms with van der Waals surface area (Å²) in [6.45, 7) is 5.40. The van der Waals surface area contributed by atoms with Crippen molar-refractivity contribution in [2.24, 2.45) is 0 Å². The molecule has 376 valence electrons. The van der Waals surface area contributed by atoms with Crippen LogP contribution in [-0.2, 0) is 27.9 Å². The highest BCUT2D eigenvalue weighted by Crippen LogP contribution is 2.38. The number of hydrogen-bond acceptors (Lipinski definition) is 7. The number of likely N-dealkylation sites (N-methyl/N-ethyl adjacent to an activating group) is 1. The van der Waals surface area contributed by atoms with Crippen molar-refractivity contribution in [3.63, 3.8) is 0 Å². The number of unbranched alkanes of at least 4 members (excludes halogenated alkanes) is 28. The first kappa shape index (κ1) is 62.5. The molecule has 8 nitrogen and oxygen atoms in total. The van der Waals surface area contributed by atoms with Crippen LogP contribution >= 0.6 is 7.82 Å². The Morgan fingerprint density at radius 3 is 1.28 bits per heavy atom. The average molecular weight is 922 g/mol. The van der Waals surface area contributed by atoms with E-state index in [0.717, 1.165) is 51.4 Å². The largest absolute Gasteiger partial charge is 0.756 e. The van der Waals surface area contributed by atoms with Gasteiger partial charge >= 0.3 is 5.97 Å². The van der Waals surface area contributed by atoms with Crippen LogP contribution in [0.15, 0.2) is 48.6 Å². The lowest BCUT2D eigenvalue weighted by molar-refractivity contribution is -0.870. The van der Waals surface area contributed by atoms with Crippen molar-refractivity contribution in [3.05, 3.63) is 48.6 Å². The third-order valence-corrected chi connectivity index (χ3v) is 12.6. The zero-order valence-corrected chi connectivity index (χ0v) is 43.6. The number of allylic oxidation sites excluding steroid dienone is 8. The number of ether oxygens (including phenoxy) is 2. The molecule has 0 spiro atoms. The molecule has 0 amide bonds. The van der Waals surface area contributed by atoms with E-state index in [0.29, 0.717) is 24.1 Å². The monoisotopic (exact) mass is 922 g/mol. The minimum atomic E-state index is -4.53. The summed E-state index contributed by atoms with van der Waals surface area (Å²) in [4.78, 5) is 25.2. The molecule has 0 rings (SSSR count). The smallest absolute Gasteiger partial charge is 0.306 e. The molecule has 0 aromatic rings. The molecule has 0 aromatic carbocycles. The molecule has 0 saturated heterocycles. The minimum absolute atomic E-state index is 0.0236. The van der Waals surface area contributed by atoms with Gasteiger partial charge < -0.3 is 27.9 Å². The van der Waals surface area contributed by atoms with Gasteiger partial charge in [0.2, 0.25) is 0 Å². The summed E-state index contributed by atoms with van der Waals surface area (Å²) >= 11 is 0. The molecule has 0 saturated carbocycles. The molecule has 9 heteroatoms. The number of esters is 1. The molecule has 0 heterocycles. The summed E-state index contributed by atoms with van der Waals surface area (Å²) < 4.78 is 34.8. The number of rotatable bonds is 50. The maximum atomic E-state index is 12.8. The standard InChI is InChI=1S/C55H104NO7P/c1-6-8-10-12-14-16-18-20-22-24-26-27-28-29-30-31-33-35-37-39-41-43-45-47-50-60-52-54(53-62-64(58,59)61-51-49-56(3,4)5)63-55(57)48-46-44-42-40-38-36-34-32-25-23-21-19-17-15-13-11-9-7-2/h17-20,23-26,54H,6-16,21-22,27-53H2,1-5H3/b19-17-,20-18-,25-23-,26-24-. The Hall–Kier alpha value is -1.54. The summed E-state index contributed by atoms with van der Waals surface area (Å²) in [6.07, 6.45) is 59.9. The van der Waals surface area contributed by atoms with Crippen LogP contribution in [0.4, 0.5) is 0 Å². The molecule has 0 radical (unpaired) electrons. The number of phosphoric ester groups is 1. The van der Waals surface area contributed by atoms with Crippen molar-refractivity contribution in [3.8, 4) is 0 Å². The predicted molar refractivity (Wildman–Crippen MR) is 273 cm³/mol. The number of hydrogen-bond donors (Lipinski definition) is 0. The van der Waals surface area contributed by atoms with Crippen LogP contribution in [-0.4, -0.2) is 70.7 Å². The van der Waals surface area contributed by atoms with E-state index >= 15 is 0 Å². The zero-order chi connectivity index (χ0) is 46.9. The average Bonchev–Trinajstić information content (AvgIpc) is 3.25. The number of nitrogens with zero attached hydrogens (tertiary/aromatic N) is 1. The highest BCUT2D eigenvalue weighted by molar-refractivity contribution is 7.45. The number of carbonyl (C=O) groups excluding carboxylic acids is 1. The summed E-state index contributed by atoms with van der Waals surface area (Å²) in [7, 11) is 1.35. The van der Waals surface area contributed by atoms with Gasteiger partial charge in [0.05, 0.1) is 34.4 Å². The molecule has 0 fully saturated rings. The van der Waals surface area contributed by atoms with Crippen molar-refractivity contribution >= 4 is 13.8 Å². The topological polar surface area (TPSA) is 94.1 Å². The number of phosphoric acid groups is 1. The molecule has 0 aliphatic carbocycles. The van der Waals surface area contributed by atoms with Crippen LogP contribution in [0.25, 0.3) is 0 Å². The fourth-order valence-corrected chi connectivity index (χ4v) is 8.16. The Kier molecular flexibility index (Phi) is 46.8. The molecular formula is C55H104NO7P. The maximum Gasteiger partial charge on any atom is 0.306 e. The molecule has 64 heavy (non-hydrogen) atoms. The Labute approximate surface area is 397 Å². The zero-order valence-electron chi connectivity index (χ0n) is 42.7. The Bertz CT molecular complexity index is 1160. The Morgan fingerprint density at radius 1 is 0.484 bits per heavy atom. The fraction of sp³-hybridized carbons (Fsp3) is 0.836. The normalized spacial score (nSPS) is 13.9. The lowest BCUT2D eigenvalue weighted by Gasteiger charge is -2.28. The SMILES string of the molecule is CCCCCC/C=C\C/C=C\CCCCCCCCCC(=O)OC(COCCCCCCCCCCCCCC/C=C\C/C=C\CCCCCCC)COP(=O)([O-])OCC[N+](C)(C)C. The molecule has 2 unspecified atom stereocenters. The molecular weight excluding hydrogens is 818 g/mol. The van der Waals surface area contributed by atoms with Crippen LogP contribution in [0.3, 0.4) is 0 Å². The summed E-state index contributed by atoms with van der Waals surface area (Å²) in [5.41, 5.74) is 0. The van der Waals surface area contributed by atoms with Gasteiger partial charge in [-0.05, 0) is 77.0 Å². The van der Waals surface area contributed by atoms with Crippen molar-refractivity contribution < 1.29 is 37.3 Å². The van der Waals surface area contributed by atoms with Crippen molar-refractivity contribution in [1.82, 2.24) is 0 Å². The van der Waals surface area contributed by atoms with Gasteiger partial charge in [-0.3, -0.25) is 9.36 Å². The highest BCUT2D eigenvalue weighted by Gasteiger charge is 2.20. The predicted octanol–water partition coefficient (Wildman–Crippen LogP) is 16.0. The van der Waals surface area contributed by atoms with Gasteiger partial charge in [-0.25, -0.2) is 0 Å². The van der Waals surface area contributed by atoms with Crippen LogP contribution < -0.4 is 4.89 Å². The van der Waals surface area contributed by atoms with E-state index in [9.17, 15) is 14.3 Å². The molecule has 0 aromatic heterocycles. The molecule has 0 aliphatic rings. The van der Waals surface area contributed by atoms with E-state index in [1.54, 1.807) is 0 Å². The van der Waals surface area contributed by atoms with Gasteiger partial charge in [0.25, 0.3) is 7.82 Å². The Morgan fingerprint density at radius 2 is 0.859 bits per heavy atom.